The minimum atomic E-state index is -2.82. The Bertz CT molecular complexity index is 819. The summed E-state index contributed by atoms with van der Waals surface area (Å²) in [6, 6.07) is 12.5. The van der Waals surface area contributed by atoms with Crippen LogP contribution in [0.1, 0.15) is 11.1 Å². The van der Waals surface area contributed by atoms with E-state index in [-0.39, 0.29) is 36.5 Å². The molecule has 0 saturated heterocycles. The number of aliphatic imine (C=N–C) groups is 1. The predicted molar refractivity (Wildman–Crippen MR) is 118 cm³/mol. The van der Waals surface area contributed by atoms with Gasteiger partial charge in [-0.05, 0) is 41.8 Å². The van der Waals surface area contributed by atoms with Crippen LogP contribution in [0.15, 0.2) is 47.5 Å². The number of ether oxygens (including phenoxy) is 3. The molecule has 1 aliphatic rings. The quantitative estimate of drug-likeness (QED) is 0.342. The van der Waals surface area contributed by atoms with E-state index in [4.69, 9.17) is 9.47 Å². The summed E-state index contributed by atoms with van der Waals surface area (Å²) in [6.45, 7) is -1.26. The molecule has 1 heterocycles. The molecule has 6 nitrogen and oxygen atoms in total. The third-order valence-corrected chi connectivity index (χ3v) is 4.28. The van der Waals surface area contributed by atoms with Gasteiger partial charge in [-0.2, -0.15) is 8.78 Å². The van der Waals surface area contributed by atoms with Crippen molar-refractivity contribution in [3.05, 3.63) is 53.6 Å². The highest BCUT2D eigenvalue weighted by Gasteiger charge is 2.13. The van der Waals surface area contributed by atoms with Crippen LogP contribution in [-0.4, -0.2) is 44.9 Å². The molecule has 9 heteroatoms. The average molecular weight is 519 g/mol. The number of halogens is 3. The average Bonchev–Trinajstić information content (AvgIpc) is 3.14. The maximum Gasteiger partial charge on any atom is 0.387 e. The van der Waals surface area contributed by atoms with Gasteiger partial charge < -0.3 is 24.4 Å². The molecule has 0 atom stereocenters. The van der Waals surface area contributed by atoms with Crippen molar-refractivity contribution in [3.63, 3.8) is 0 Å². The number of guanidine groups is 1. The molecular weight excluding hydrogens is 495 g/mol. The Balaban J connectivity index is 0.00000300. The van der Waals surface area contributed by atoms with Crippen LogP contribution < -0.4 is 19.5 Å². The van der Waals surface area contributed by atoms with E-state index in [2.05, 4.69) is 15.0 Å². The van der Waals surface area contributed by atoms with Crippen molar-refractivity contribution in [1.29, 1.82) is 0 Å². The maximum atomic E-state index is 12.2. The van der Waals surface area contributed by atoms with Crippen LogP contribution in [0.3, 0.4) is 0 Å². The van der Waals surface area contributed by atoms with Gasteiger partial charge >= 0.3 is 6.61 Å². The fraction of sp³-hybridized carbons (Fsp3) is 0.350. The lowest BCUT2D eigenvalue weighted by Gasteiger charge is -2.22. The second kappa shape index (κ2) is 11.0. The van der Waals surface area contributed by atoms with E-state index < -0.39 is 6.61 Å². The standard InChI is InChI=1S/C20H23F2N3O3.HI/c1-23-20(24-10-9-14-5-8-17-18(11-14)27-13-26-17)25(2)12-15-3-6-16(7-4-15)28-19(21)22;/h3-8,11,19H,9-10,12-13H2,1-2H3,(H,23,24);1H. The maximum absolute atomic E-state index is 12.2. The Hall–Kier alpha value is -2.30. The van der Waals surface area contributed by atoms with Crippen LogP contribution in [0.2, 0.25) is 0 Å². The summed E-state index contributed by atoms with van der Waals surface area (Å²) in [4.78, 5) is 6.25. The van der Waals surface area contributed by atoms with Gasteiger partial charge in [-0.3, -0.25) is 4.99 Å². The molecule has 0 aliphatic carbocycles. The molecule has 0 unspecified atom stereocenters. The summed E-state index contributed by atoms with van der Waals surface area (Å²) in [6.07, 6.45) is 0.809. The zero-order chi connectivity index (χ0) is 19.9. The molecule has 158 valence electrons. The van der Waals surface area contributed by atoms with Gasteiger partial charge in [-0.25, -0.2) is 0 Å². The van der Waals surface area contributed by atoms with E-state index in [0.29, 0.717) is 13.1 Å². The van der Waals surface area contributed by atoms with Crippen molar-refractivity contribution in [2.45, 2.75) is 19.6 Å². The summed E-state index contributed by atoms with van der Waals surface area (Å²) in [5, 5.41) is 3.32. The summed E-state index contributed by atoms with van der Waals surface area (Å²) in [7, 11) is 3.64. The second-order valence-corrected chi connectivity index (χ2v) is 6.29. The van der Waals surface area contributed by atoms with Crippen LogP contribution >= 0.6 is 24.0 Å². The lowest BCUT2D eigenvalue weighted by molar-refractivity contribution is -0.0498. The van der Waals surface area contributed by atoms with Gasteiger partial charge in [0.05, 0.1) is 0 Å². The van der Waals surface area contributed by atoms with Crippen molar-refractivity contribution in [3.8, 4) is 17.2 Å². The molecule has 0 aromatic heterocycles. The first-order chi connectivity index (χ1) is 13.5. The van der Waals surface area contributed by atoms with Gasteiger partial charge in [0.25, 0.3) is 0 Å². The zero-order valence-electron chi connectivity index (χ0n) is 16.2. The highest BCUT2D eigenvalue weighted by Crippen LogP contribution is 2.32. The molecule has 0 amide bonds. The van der Waals surface area contributed by atoms with Crippen molar-refractivity contribution in [2.75, 3.05) is 27.4 Å². The van der Waals surface area contributed by atoms with Crippen molar-refractivity contribution >= 4 is 29.9 Å². The Kier molecular flexibility index (Phi) is 8.74. The summed E-state index contributed by atoms with van der Waals surface area (Å²) >= 11 is 0. The number of nitrogens with one attached hydrogen (secondary N) is 1. The first kappa shape index (κ1) is 23.0. The normalized spacial score (nSPS) is 12.5. The minimum Gasteiger partial charge on any atom is -0.454 e. The van der Waals surface area contributed by atoms with Gasteiger partial charge in [0, 0.05) is 27.2 Å². The number of nitrogens with zero attached hydrogens (tertiary/aromatic N) is 2. The van der Waals surface area contributed by atoms with Crippen LogP contribution in [0, 0.1) is 0 Å². The molecule has 2 aromatic rings. The molecule has 3 rings (SSSR count). The Morgan fingerprint density at radius 3 is 2.52 bits per heavy atom. The van der Waals surface area contributed by atoms with E-state index in [1.54, 1.807) is 19.2 Å². The lowest BCUT2D eigenvalue weighted by Crippen LogP contribution is -2.39. The lowest BCUT2D eigenvalue weighted by atomic mass is 10.1. The number of hydrogen-bond acceptors (Lipinski definition) is 4. The van der Waals surface area contributed by atoms with E-state index in [0.717, 1.165) is 35.0 Å². The number of rotatable bonds is 7. The van der Waals surface area contributed by atoms with Crippen LogP contribution in [-0.2, 0) is 13.0 Å². The Morgan fingerprint density at radius 2 is 1.83 bits per heavy atom. The van der Waals surface area contributed by atoms with Crippen molar-refractivity contribution < 1.29 is 23.0 Å². The van der Waals surface area contributed by atoms with Gasteiger partial charge in [0.1, 0.15) is 5.75 Å². The van der Waals surface area contributed by atoms with Gasteiger partial charge in [0.2, 0.25) is 6.79 Å². The Labute approximate surface area is 185 Å². The summed E-state index contributed by atoms with van der Waals surface area (Å²) in [5.41, 5.74) is 2.10. The molecular formula is C20H24F2IN3O3. The summed E-state index contributed by atoms with van der Waals surface area (Å²) < 4.78 is 39.5. The highest BCUT2D eigenvalue weighted by molar-refractivity contribution is 14.0. The fourth-order valence-corrected chi connectivity index (χ4v) is 2.92. The number of fused-ring (bicyclic) bond motifs is 1. The topological polar surface area (TPSA) is 55.3 Å². The number of benzene rings is 2. The molecule has 0 spiro atoms. The summed E-state index contributed by atoms with van der Waals surface area (Å²) in [5.74, 6) is 2.44. The third-order valence-electron chi connectivity index (χ3n) is 4.28. The van der Waals surface area contributed by atoms with Gasteiger partial charge in [-0.1, -0.05) is 18.2 Å². The van der Waals surface area contributed by atoms with E-state index in [1.165, 1.54) is 12.1 Å². The minimum absolute atomic E-state index is 0. The van der Waals surface area contributed by atoms with Crippen LogP contribution in [0.25, 0.3) is 0 Å². The molecule has 1 N–H and O–H groups in total. The molecule has 0 saturated carbocycles. The molecule has 2 aromatic carbocycles. The van der Waals surface area contributed by atoms with E-state index in [9.17, 15) is 8.78 Å². The molecule has 1 aliphatic heterocycles. The first-order valence-electron chi connectivity index (χ1n) is 8.89. The Morgan fingerprint density at radius 1 is 1.14 bits per heavy atom. The number of hydrogen-bond donors (Lipinski definition) is 1. The second-order valence-electron chi connectivity index (χ2n) is 6.29. The van der Waals surface area contributed by atoms with E-state index >= 15 is 0 Å². The molecule has 0 radical (unpaired) electrons. The molecule has 0 bridgehead atoms. The zero-order valence-corrected chi connectivity index (χ0v) is 18.6. The van der Waals surface area contributed by atoms with Crippen molar-refractivity contribution in [2.24, 2.45) is 4.99 Å². The molecule has 0 fully saturated rings. The smallest absolute Gasteiger partial charge is 0.387 e. The monoisotopic (exact) mass is 519 g/mol. The van der Waals surface area contributed by atoms with Crippen LogP contribution in [0.5, 0.6) is 17.2 Å². The van der Waals surface area contributed by atoms with Gasteiger partial charge in [0.15, 0.2) is 17.5 Å². The SMILES string of the molecule is CN=C(NCCc1ccc2c(c1)OCO2)N(C)Cc1ccc(OC(F)F)cc1.I. The van der Waals surface area contributed by atoms with Crippen molar-refractivity contribution in [1.82, 2.24) is 10.2 Å². The largest absolute Gasteiger partial charge is 0.454 e. The molecule has 29 heavy (non-hydrogen) atoms. The van der Waals surface area contributed by atoms with Gasteiger partial charge in [-0.15, -0.1) is 24.0 Å². The third kappa shape index (κ3) is 6.62. The van der Waals surface area contributed by atoms with E-state index in [1.807, 2.05) is 30.1 Å². The fourth-order valence-electron chi connectivity index (χ4n) is 2.92. The predicted octanol–water partition coefficient (Wildman–Crippen LogP) is 3.88. The first-order valence-corrected chi connectivity index (χ1v) is 8.89. The highest BCUT2D eigenvalue weighted by atomic mass is 127. The van der Waals surface area contributed by atoms with Crippen LogP contribution in [0.4, 0.5) is 8.78 Å². The number of alkyl halides is 2.